The first-order valence-electron chi connectivity index (χ1n) is 7.02. The number of hydrogen-bond donors (Lipinski definition) is 2. The fraction of sp³-hybridized carbons (Fsp3) is 0. The summed E-state index contributed by atoms with van der Waals surface area (Å²) in [5, 5.41) is 5.70. The Morgan fingerprint density at radius 3 is 2.33 bits per heavy atom. The maximum absolute atomic E-state index is 12.9. The molecular formula is C17H12BrFN4O. The highest BCUT2D eigenvalue weighted by Gasteiger charge is 2.09. The highest BCUT2D eigenvalue weighted by molar-refractivity contribution is 9.10. The summed E-state index contributed by atoms with van der Waals surface area (Å²) in [4.78, 5) is 20.4. The van der Waals surface area contributed by atoms with Crippen LogP contribution in [0.3, 0.4) is 0 Å². The van der Waals surface area contributed by atoms with E-state index in [4.69, 9.17) is 0 Å². The molecule has 0 aliphatic heterocycles. The zero-order chi connectivity index (χ0) is 16.9. The van der Waals surface area contributed by atoms with Gasteiger partial charge in [-0.1, -0.05) is 12.1 Å². The summed E-state index contributed by atoms with van der Waals surface area (Å²) in [6.45, 7) is 0. The largest absolute Gasteiger partial charge is 0.324 e. The zero-order valence-electron chi connectivity index (χ0n) is 12.3. The number of carbonyl (C=O) groups excluding carboxylic acids is 1. The van der Waals surface area contributed by atoms with E-state index in [1.165, 1.54) is 24.5 Å². The molecule has 0 saturated carbocycles. The van der Waals surface area contributed by atoms with Crippen LogP contribution in [-0.4, -0.2) is 15.9 Å². The number of aromatic nitrogens is 2. The Kier molecular flexibility index (Phi) is 4.81. The Hall–Kier alpha value is -2.80. The van der Waals surface area contributed by atoms with Crippen molar-refractivity contribution in [2.75, 3.05) is 10.6 Å². The summed E-state index contributed by atoms with van der Waals surface area (Å²) < 4.78 is 13.7. The quantitative estimate of drug-likeness (QED) is 0.698. The molecule has 0 aliphatic rings. The van der Waals surface area contributed by atoms with Gasteiger partial charge in [0, 0.05) is 22.6 Å². The van der Waals surface area contributed by atoms with E-state index in [-0.39, 0.29) is 11.7 Å². The van der Waals surface area contributed by atoms with Crippen molar-refractivity contribution >= 4 is 39.2 Å². The molecule has 0 spiro atoms. The lowest BCUT2D eigenvalue weighted by Crippen LogP contribution is -2.13. The molecule has 1 heterocycles. The maximum atomic E-state index is 12.9. The van der Waals surface area contributed by atoms with Crippen LogP contribution in [0.1, 0.15) is 10.4 Å². The molecule has 0 bridgehead atoms. The van der Waals surface area contributed by atoms with Crippen LogP contribution in [0.2, 0.25) is 0 Å². The van der Waals surface area contributed by atoms with Gasteiger partial charge in [-0.05, 0) is 52.3 Å². The summed E-state index contributed by atoms with van der Waals surface area (Å²) in [6.07, 6.45) is 2.84. The first-order valence-corrected chi connectivity index (χ1v) is 7.81. The van der Waals surface area contributed by atoms with Gasteiger partial charge in [0.1, 0.15) is 5.82 Å². The summed E-state index contributed by atoms with van der Waals surface area (Å²) >= 11 is 3.37. The fourth-order valence-electron chi connectivity index (χ4n) is 1.93. The first-order chi connectivity index (χ1) is 11.6. The molecule has 2 aromatic carbocycles. The predicted octanol–water partition coefficient (Wildman–Crippen LogP) is 4.37. The van der Waals surface area contributed by atoms with Crippen molar-refractivity contribution in [3.63, 3.8) is 0 Å². The normalized spacial score (nSPS) is 10.2. The Labute approximate surface area is 146 Å². The molecule has 120 valence electrons. The van der Waals surface area contributed by atoms with E-state index in [1.54, 1.807) is 18.2 Å². The standard InChI is InChI=1S/C17H12BrFN4O/c18-14-3-1-2-4-15(14)23-16(24)11-9-20-17(21-10-11)22-13-7-5-12(19)6-8-13/h1-10H,(H,23,24)(H,20,21,22). The van der Waals surface area contributed by atoms with E-state index >= 15 is 0 Å². The van der Waals surface area contributed by atoms with Gasteiger partial charge in [0.2, 0.25) is 5.95 Å². The van der Waals surface area contributed by atoms with E-state index < -0.39 is 0 Å². The molecule has 0 saturated heterocycles. The number of para-hydroxylation sites is 1. The Balaban J connectivity index is 1.68. The van der Waals surface area contributed by atoms with Crippen LogP contribution in [0.25, 0.3) is 0 Å². The second-order valence-electron chi connectivity index (χ2n) is 4.86. The molecular weight excluding hydrogens is 375 g/mol. The van der Waals surface area contributed by atoms with Gasteiger partial charge >= 0.3 is 0 Å². The van der Waals surface area contributed by atoms with E-state index in [9.17, 15) is 9.18 Å². The average Bonchev–Trinajstić information content (AvgIpc) is 2.59. The first kappa shape index (κ1) is 16.1. The molecule has 0 radical (unpaired) electrons. The van der Waals surface area contributed by atoms with Crippen LogP contribution in [0, 0.1) is 5.82 Å². The average molecular weight is 387 g/mol. The number of anilines is 3. The maximum Gasteiger partial charge on any atom is 0.258 e. The minimum Gasteiger partial charge on any atom is -0.324 e. The van der Waals surface area contributed by atoms with Gasteiger partial charge in [-0.25, -0.2) is 14.4 Å². The number of nitrogens with zero attached hydrogens (tertiary/aromatic N) is 2. The van der Waals surface area contributed by atoms with Gasteiger partial charge in [0.05, 0.1) is 11.3 Å². The number of nitrogens with one attached hydrogen (secondary N) is 2. The highest BCUT2D eigenvalue weighted by Crippen LogP contribution is 2.22. The minimum absolute atomic E-state index is 0.310. The summed E-state index contributed by atoms with van der Waals surface area (Å²) in [5.74, 6) is -0.310. The molecule has 7 heteroatoms. The van der Waals surface area contributed by atoms with Crippen LogP contribution < -0.4 is 10.6 Å². The van der Waals surface area contributed by atoms with Crippen molar-refractivity contribution < 1.29 is 9.18 Å². The summed E-state index contributed by atoms with van der Waals surface area (Å²) in [7, 11) is 0. The third kappa shape index (κ3) is 3.94. The third-order valence-electron chi connectivity index (χ3n) is 3.14. The lowest BCUT2D eigenvalue weighted by molar-refractivity contribution is 0.102. The molecule has 0 atom stereocenters. The number of hydrogen-bond acceptors (Lipinski definition) is 4. The van der Waals surface area contributed by atoms with E-state index in [1.807, 2.05) is 18.2 Å². The van der Waals surface area contributed by atoms with Crippen molar-refractivity contribution in [3.05, 3.63) is 76.8 Å². The summed E-state index contributed by atoms with van der Waals surface area (Å²) in [6, 6.07) is 13.1. The zero-order valence-corrected chi connectivity index (χ0v) is 13.9. The lowest BCUT2D eigenvalue weighted by atomic mass is 10.3. The van der Waals surface area contributed by atoms with Gasteiger partial charge < -0.3 is 10.6 Å². The van der Waals surface area contributed by atoms with Crippen molar-refractivity contribution in [1.82, 2.24) is 9.97 Å². The highest BCUT2D eigenvalue weighted by atomic mass is 79.9. The molecule has 1 amide bonds. The molecule has 5 nitrogen and oxygen atoms in total. The van der Waals surface area contributed by atoms with E-state index in [0.29, 0.717) is 22.9 Å². The van der Waals surface area contributed by atoms with Crippen molar-refractivity contribution in [2.24, 2.45) is 0 Å². The molecule has 1 aromatic heterocycles. The molecule has 3 aromatic rings. The SMILES string of the molecule is O=C(Nc1ccccc1Br)c1cnc(Nc2ccc(F)cc2)nc1. The fourth-order valence-corrected chi connectivity index (χ4v) is 2.31. The topological polar surface area (TPSA) is 66.9 Å². The number of carbonyl (C=O) groups is 1. The van der Waals surface area contributed by atoms with Crippen LogP contribution in [0.5, 0.6) is 0 Å². The van der Waals surface area contributed by atoms with Crippen molar-refractivity contribution in [3.8, 4) is 0 Å². The second-order valence-corrected chi connectivity index (χ2v) is 5.72. The van der Waals surface area contributed by atoms with Gasteiger partial charge in [-0.15, -0.1) is 0 Å². The van der Waals surface area contributed by atoms with E-state index in [2.05, 4.69) is 36.5 Å². The number of amides is 1. The van der Waals surface area contributed by atoms with Gasteiger partial charge in [-0.3, -0.25) is 4.79 Å². The minimum atomic E-state index is -0.319. The van der Waals surface area contributed by atoms with Crippen LogP contribution >= 0.6 is 15.9 Å². The van der Waals surface area contributed by atoms with Crippen LogP contribution in [0.4, 0.5) is 21.7 Å². The van der Waals surface area contributed by atoms with Gasteiger partial charge in [-0.2, -0.15) is 0 Å². The van der Waals surface area contributed by atoms with Crippen LogP contribution in [0.15, 0.2) is 65.4 Å². The molecule has 0 unspecified atom stereocenters. The smallest absolute Gasteiger partial charge is 0.258 e. The van der Waals surface area contributed by atoms with Gasteiger partial charge in [0.15, 0.2) is 0 Å². The van der Waals surface area contributed by atoms with Gasteiger partial charge in [0.25, 0.3) is 5.91 Å². The van der Waals surface area contributed by atoms with E-state index in [0.717, 1.165) is 4.47 Å². The number of rotatable bonds is 4. The Morgan fingerprint density at radius 1 is 1.00 bits per heavy atom. The van der Waals surface area contributed by atoms with Crippen LogP contribution in [-0.2, 0) is 0 Å². The number of halogens is 2. The monoisotopic (exact) mass is 386 g/mol. The molecule has 3 rings (SSSR count). The van der Waals surface area contributed by atoms with Crippen molar-refractivity contribution in [2.45, 2.75) is 0 Å². The Bertz CT molecular complexity index is 853. The lowest BCUT2D eigenvalue weighted by Gasteiger charge is -2.08. The number of benzene rings is 2. The third-order valence-corrected chi connectivity index (χ3v) is 3.83. The molecule has 0 fully saturated rings. The molecule has 0 aliphatic carbocycles. The Morgan fingerprint density at radius 2 is 1.67 bits per heavy atom. The molecule has 2 N–H and O–H groups in total. The van der Waals surface area contributed by atoms with Crippen molar-refractivity contribution in [1.29, 1.82) is 0 Å². The summed E-state index contributed by atoms with van der Waals surface area (Å²) in [5.41, 5.74) is 1.65. The predicted molar refractivity (Wildman–Crippen MR) is 93.8 cm³/mol. The molecule has 24 heavy (non-hydrogen) atoms. The second kappa shape index (κ2) is 7.18.